The Kier molecular flexibility index (Phi) is 11.2. The summed E-state index contributed by atoms with van der Waals surface area (Å²) >= 11 is 0. The molecule has 12 aromatic rings. The highest BCUT2D eigenvalue weighted by molar-refractivity contribution is 6.12. The third-order valence-corrected chi connectivity index (χ3v) is 13.0. The second-order valence-corrected chi connectivity index (χ2v) is 17.4. The maximum atomic E-state index is 11.0. The van der Waals surface area contributed by atoms with E-state index in [0.29, 0.717) is 11.4 Å². The number of anilines is 6. The summed E-state index contributed by atoms with van der Waals surface area (Å²) in [5.41, 5.74) is 16.3. The molecule has 10 aromatic carbocycles. The van der Waals surface area contributed by atoms with E-state index in [-0.39, 0.29) is 0 Å². The number of nitrogens with zero attached hydrogens (tertiary/aromatic N) is 6. The van der Waals surface area contributed by atoms with Gasteiger partial charge in [0, 0.05) is 61.6 Å². The molecule has 6 heteroatoms. The molecular weight excluding hydrogens is 865 g/mol. The van der Waals surface area contributed by atoms with E-state index in [0.717, 1.165) is 101 Å². The van der Waals surface area contributed by atoms with E-state index in [9.17, 15) is 5.26 Å². The van der Waals surface area contributed by atoms with Crippen molar-refractivity contribution in [3.8, 4) is 56.8 Å². The van der Waals surface area contributed by atoms with Gasteiger partial charge in [-0.25, -0.2) is 9.97 Å². The molecule has 0 bridgehead atoms. The highest BCUT2D eigenvalue weighted by Crippen LogP contribution is 2.43. The molecule has 2 aromatic heterocycles. The molecule has 0 saturated heterocycles. The number of benzene rings is 10. The molecule has 0 aliphatic rings. The zero-order valence-electron chi connectivity index (χ0n) is 38.6. The van der Waals surface area contributed by atoms with E-state index in [2.05, 4.69) is 208 Å². The van der Waals surface area contributed by atoms with Crippen LogP contribution in [-0.2, 0) is 0 Å². The largest absolute Gasteiger partial charge is 0.310 e. The Hall–Kier alpha value is -9.83. The van der Waals surface area contributed by atoms with E-state index in [4.69, 9.17) is 9.97 Å². The van der Waals surface area contributed by atoms with Crippen molar-refractivity contribution in [2.45, 2.75) is 0 Å². The van der Waals surface area contributed by atoms with Gasteiger partial charge in [0.05, 0.1) is 33.7 Å². The van der Waals surface area contributed by atoms with Crippen molar-refractivity contribution < 1.29 is 0 Å². The van der Waals surface area contributed by atoms with Crippen molar-refractivity contribution in [1.29, 1.82) is 5.26 Å². The molecule has 0 unspecified atom stereocenters. The minimum Gasteiger partial charge on any atom is -0.310 e. The highest BCUT2D eigenvalue weighted by Gasteiger charge is 2.22. The van der Waals surface area contributed by atoms with Gasteiger partial charge in [0.1, 0.15) is 6.07 Å². The summed E-state index contributed by atoms with van der Waals surface area (Å²) in [6, 6.07) is 94.9. The summed E-state index contributed by atoms with van der Waals surface area (Å²) in [7, 11) is 0. The number of nitriles is 1. The zero-order chi connectivity index (χ0) is 47.5. The Morgan fingerprint density at radius 2 is 0.704 bits per heavy atom. The minimum absolute atomic E-state index is 0.569. The maximum absolute atomic E-state index is 11.0. The molecule has 0 spiro atoms. The monoisotopic (exact) mass is 908 g/mol. The van der Waals surface area contributed by atoms with Crippen LogP contribution in [-0.4, -0.2) is 14.5 Å². The molecule has 0 N–H and O–H groups in total. The van der Waals surface area contributed by atoms with Gasteiger partial charge in [-0.15, -0.1) is 0 Å². The lowest BCUT2D eigenvalue weighted by atomic mass is 9.99. The quantitative estimate of drug-likeness (QED) is 0.129. The Balaban J connectivity index is 0.983. The molecule has 0 fully saturated rings. The van der Waals surface area contributed by atoms with Gasteiger partial charge in [-0.05, 0) is 114 Å². The first-order valence-electron chi connectivity index (χ1n) is 23.7. The summed E-state index contributed by atoms with van der Waals surface area (Å²) in [6.45, 7) is 0. The zero-order valence-corrected chi connectivity index (χ0v) is 38.6. The van der Waals surface area contributed by atoms with E-state index in [1.807, 2.05) is 78.9 Å². The molecule has 0 aliphatic heterocycles. The van der Waals surface area contributed by atoms with Crippen molar-refractivity contribution in [1.82, 2.24) is 14.5 Å². The number of para-hydroxylation sites is 4. The Labute approximate surface area is 412 Å². The summed E-state index contributed by atoms with van der Waals surface area (Å²) in [5.74, 6) is 0.673. The smallest absolute Gasteiger partial charge is 0.160 e. The van der Waals surface area contributed by atoms with Gasteiger partial charge in [-0.2, -0.15) is 5.26 Å². The number of fused-ring (bicyclic) bond motifs is 3. The topological polar surface area (TPSA) is 61.0 Å². The van der Waals surface area contributed by atoms with Crippen molar-refractivity contribution in [2.75, 3.05) is 9.80 Å². The van der Waals surface area contributed by atoms with Gasteiger partial charge in [0.2, 0.25) is 0 Å². The lowest BCUT2D eigenvalue weighted by molar-refractivity contribution is 1.17. The normalized spacial score (nSPS) is 11.1. The molecule has 12 rings (SSSR count). The van der Waals surface area contributed by atoms with E-state index in [1.165, 1.54) is 0 Å². The van der Waals surface area contributed by atoms with E-state index in [1.54, 1.807) is 0 Å². The number of aromatic nitrogens is 3. The van der Waals surface area contributed by atoms with Crippen LogP contribution in [0, 0.1) is 11.3 Å². The number of rotatable bonds is 11. The van der Waals surface area contributed by atoms with Crippen LogP contribution in [0.3, 0.4) is 0 Å². The van der Waals surface area contributed by atoms with Crippen molar-refractivity contribution >= 4 is 55.9 Å². The fourth-order valence-electron chi connectivity index (χ4n) is 9.64. The average molecular weight is 909 g/mol. The molecule has 71 heavy (non-hydrogen) atoms. The van der Waals surface area contributed by atoms with E-state index >= 15 is 0 Å². The molecule has 2 heterocycles. The van der Waals surface area contributed by atoms with Crippen LogP contribution in [0.1, 0.15) is 5.56 Å². The van der Waals surface area contributed by atoms with Gasteiger partial charge in [0.15, 0.2) is 5.82 Å². The number of hydrogen-bond donors (Lipinski definition) is 0. The van der Waals surface area contributed by atoms with Gasteiger partial charge in [-0.3, -0.25) is 0 Å². The highest BCUT2D eigenvalue weighted by atomic mass is 15.1. The SMILES string of the molecule is N#Cc1cc(-c2ccc(-c3cc(-c4ccccc4)nc(-c4ccccc4)n3)cc2)ccc1-n1c2ccc(N(c3ccccc3)c3ccccc3)cc2c2cc(N(c3ccccc3)c3ccccc3)ccc21. The summed E-state index contributed by atoms with van der Waals surface area (Å²) in [6.07, 6.45) is 0. The van der Waals surface area contributed by atoms with Crippen LogP contribution in [0.2, 0.25) is 0 Å². The van der Waals surface area contributed by atoms with Crippen LogP contribution >= 0.6 is 0 Å². The Bertz CT molecular complexity index is 3580. The molecule has 0 radical (unpaired) electrons. The van der Waals surface area contributed by atoms with Crippen LogP contribution in [0.25, 0.3) is 72.5 Å². The van der Waals surface area contributed by atoms with E-state index < -0.39 is 0 Å². The molecule has 0 atom stereocenters. The molecule has 0 aliphatic carbocycles. The summed E-state index contributed by atoms with van der Waals surface area (Å²) in [5, 5.41) is 13.1. The standard InChI is InChI=1S/C65H44N6/c66-45-51-41-50(46-31-33-48(34-32-46)61-44-60(47-19-7-1-8-20-47)67-65(68-61)49-21-9-2-10-22-49)35-38-62(51)71-63-39-36-56(69(52-23-11-3-12-24-52)53-25-13-4-14-26-53)42-58(63)59-43-57(37-40-64(59)71)70(54-27-15-5-16-28-54)55-29-17-6-18-30-55/h1-44H. The van der Waals surface area contributed by atoms with Crippen LogP contribution in [0.4, 0.5) is 34.1 Å². The third-order valence-electron chi connectivity index (χ3n) is 13.0. The van der Waals surface area contributed by atoms with Gasteiger partial charge >= 0.3 is 0 Å². The predicted molar refractivity (Wildman–Crippen MR) is 292 cm³/mol. The fraction of sp³-hybridized carbons (Fsp3) is 0. The third kappa shape index (κ3) is 8.24. The fourth-order valence-corrected chi connectivity index (χ4v) is 9.64. The lowest BCUT2D eigenvalue weighted by Crippen LogP contribution is -2.09. The molecule has 6 nitrogen and oxygen atoms in total. The summed E-state index contributed by atoms with van der Waals surface area (Å²) in [4.78, 5) is 14.6. The van der Waals surface area contributed by atoms with Gasteiger partial charge < -0.3 is 14.4 Å². The molecule has 0 amide bonds. The first-order chi connectivity index (χ1) is 35.2. The maximum Gasteiger partial charge on any atom is 0.160 e. The van der Waals surface area contributed by atoms with Gasteiger partial charge in [0.25, 0.3) is 0 Å². The van der Waals surface area contributed by atoms with Gasteiger partial charge in [-0.1, -0.05) is 164 Å². The Morgan fingerprint density at radius 1 is 0.324 bits per heavy atom. The van der Waals surface area contributed by atoms with Crippen LogP contribution in [0.15, 0.2) is 267 Å². The Morgan fingerprint density at radius 3 is 1.14 bits per heavy atom. The van der Waals surface area contributed by atoms with Crippen LogP contribution in [0.5, 0.6) is 0 Å². The second-order valence-electron chi connectivity index (χ2n) is 17.4. The molecule has 334 valence electrons. The lowest BCUT2D eigenvalue weighted by Gasteiger charge is -2.26. The minimum atomic E-state index is 0.569. The second kappa shape index (κ2) is 18.7. The first kappa shape index (κ1) is 42.5. The molecular formula is C65H44N6. The first-order valence-corrected chi connectivity index (χ1v) is 23.7. The average Bonchev–Trinajstić information content (AvgIpc) is 3.77. The number of hydrogen-bond acceptors (Lipinski definition) is 5. The predicted octanol–water partition coefficient (Wildman–Crippen LogP) is 17.1. The van der Waals surface area contributed by atoms with Crippen LogP contribution < -0.4 is 9.80 Å². The summed E-state index contributed by atoms with van der Waals surface area (Å²) < 4.78 is 2.25. The van der Waals surface area contributed by atoms with Crippen molar-refractivity contribution in [2.24, 2.45) is 0 Å². The molecule has 0 saturated carbocycles. The van der Waals surface area contributed by atoms with Crippen molar-refractivity contribution in [3.05, 3.63) is 272 Å². The van der Waals surface area contributed by atoms with Crippen molar-refractivity contribution in [3.63, 3.8) is 0 Å².